The highest BCUT2D eigenvalue weighted by molar-refractivity contribution is 5.71. The molecule has 4 heteroatoms. The molecule has 0 rings (SSSR count). The maximum absolute atomic E-state index is 9.59. The van der Waals surface area contributed by atoms with Crippen LogP contribution in [0.2, 0.25) is 0 Å². The van der Waals surface area contributed by atoms with Crippen LogP contribution in [0.1, 0.15) is 0 Å². The van der Waals surface area contributed by atoms with Gasteiger partial charge in [0, 0.05) is 0 Å². The van der Waals surface area contributed by atoms with Crippen molar-refractivity contribution in [3.8, 4) is 0 Å². The minimum atomic E-state index is -0.971. The Morgan fingerprint density at radius 3 is 2.71 bits per heavy atom. The van der Waals surface area contributed by atoms with E-state index in [0.29, 0.717) is 0 Å². The molecule has 0 saturated carbocycles. The van der Waals surface area contributed by atoms with E-state index < -0.39 is 5.97 Å². The quantitative estimate of drug-likeness (QED) is 0.349. The summed E-state index contributed by atoms with van der Waals surface area (Å²) in [4.78, 5) is 12.8. The largest absolute Gasteiger partial charge is 0.480 e. The van der Waals surface area contributed by atoms with Crippen LogP contribution in [0.4, 0.5) is 0 Å². The van der Waals surface area contributed by atoms with E-state index >= 15 is 0 Å². The summed E-state index contributed by atoms with van der Waals surface area (Å²) < 4.78 is 0. The second-order valence-corrected chi connectivity index (χ2v) is 0.883. The average molecular weight is 102 g/mol. The number of nitrogens with zero attached hydrogens (tertiary/aromatic N) is 1. The first-order valence-corrected chi connectivity index (χ1v) is 1.69. The molecule has 40 valence electrons. The second-order valence-electron chi connectivity index (χ2n) is 0.883. The number of carbonyl (C=O) groups is 1. The van der Waals surface area contributed by atoms with Crippen molar-refractivity contribution < 1.29 is 9.90 Å². The Kier molecular flexibility index (Phi) is 2.67. The van der Waals surface area contributed by atoms with Crippen molar-refractivity contribution in [2.45, 2.75) is 0 Å². The van der Waals surface area contributed by atoms with Gasteiger partial charge < -0.3 is 10.8 Å². The summed E-state index contributed by atoms with van der Waals surface area (Å²) in [6.45, 7) is -0.240. The van der Waals surface area contributed by atoms with Crippen LogP contribution < -0.4 is 5.73 Å². The van der Waals surface area contributed by atoms with Crippen LogP contribution in [0, 0.1) is 0 Å². The van der Waals surface area contributed by atoms with Crippen molar-refractivity contribution in [3.05, 3.63) is 0 Å². The summed E-state index contributed by atoms with van der Waals surface area (Å²) in [5.74, 6) is -0.971. The van der Waals surface area contributed by atoms with E-state index in [4.69, 9.17) is 10.8 Å². The first-order chi connectivity index (χ1) is 3.27. The van der Waals surface area contributed by atoms with Crippen molar-refractivity contribution in [1.82, 2.24) is 0 Å². The highest BCUT2D eigenvalue weighted by atomic mass is 16.4. The molecule has 7 heavy (non-hydrogen) atoms. The van der Waals surface area contributed by atoms with Gasteiger partial charge in [-0.1, -0.05) is 0 Å². The Labute approximate surface area is 40.7 Å². The first kappa shape index (κ1) is 5.94. The number of aliphatic imine (C=N–C) groups is 1. The van der Waals surface area contributed by atoms with Crippen molar-refractivity contribution in [3.63, 3.8) is 0 Å². The number of hydrogen-bond acceptors (Lipinski definition) is 2. The molecule has 0 radical (unpaired) electrons. The monoisotopic (exact) mass is 102 g/mol. The molecule has 0 amide bonds. The predicted molar refractivity (Wildman–Crippen MR) is 25.2 cm³/mol. The van der Waals surface area contributed by atoms with Crippen molar-refractivity contribution in [2.24, 2.45) is 10.7 Å². The molecule has 3 N–H and O–H groups in total. The lowest BCUT2D eigenvalue weighted by atomic mass is 10.7. The molecule has 0 atom stereocenters. The zero-order chi connectivity index (χ0) is 5.70. The van der Waals surface area contributed by atoms with E-state index in [1.165, 1.54) is 0 Å². The highest BCUT2D eigenvalue weighted by Gasteiger charge is 1.86. The van der Waals surface area contributed by atoms with E-state index in [1.54, 1.807) is 0 Å². The number of nitrogens with two attached hydrogens (primary N) is 1. The molecular formula is C3H6N2O2. The SMILES string of the molecule is NC=NCC(=O)O. The van der Waals surface area contributed by atoms with E-state index in [0.717, 1.165) is 6.34 Å². The zero-order valence-corrected chi connectivity index (χ0v) is 3.66. The lowest BCUT2D eigenvalue weighted by molar-refractivity contribution is -0.135. The lowest BCUT2D eigenvalue weighted by Crippen LogP contribution is -2.01. The maximum atomic E-state index is 9.59. The number of carboxylic acid groups (broad SMARTS) is 1. The molecule has 0 aliphatic carbocycles. The van der Waals surface area contributed by atoms with Crippen LogP contribution in [0.5, 0.6) is 0 Å². The van der Waals surface area contributed by atoms with E-state index in [2.05, 4.69) is 4.99 Å². The first-order valence-electron chi connectivity index (χ1n) is 1.69. The molecule has 0 spiro atoms. The molecule has 4 nitrogen and oxygen atoms in total. The van der Waals surface area contributed by atoms with Gasteiger partial charge >= 0.3 is 5.97 Å². The third-order valence-corrected chi connectivity index (χ3v) is 0.332. The molecular weight excluding hydrogens is 96.0 g/mol. The molecule has 0 heterocycles. The maximum Gasteiger partial charge on any atom is 0.325 e. The topological polar surface area (TPSA) is 75.7 Å². The third-order valence-electron chi connectivity index (χ3n) is 0.332. The van der Waals surface area contributed by atoms with Gasteiger partial charge in [0.2, 0.25) is 0 Å². The molecule has 0 unspecified atom stereocenters. The van der Waals surface area contributed by atoms with Crippen molar-refractivity contribution in [2.75, 3.05) is 6.54 Å². The fourth-order valence-electron chi connectivity index (χ4n) is 0.131. The summed E-state index contributed by atoms with van der Waals surface area (Å²) >= 11 is 0. The zero-order valence-electron chi connectivity index (χ0n) is 3.66. The summed E-state index contributed by atoms with van der Waals surface area (Å²) in [6.07, 6.45) is 0.966. The Balaban J connectivity index is 3.14. The normalized spacial score (nSPS) is 9.71. The van der Waals surface area contributed by atoms with Crippen LogP contribution >= 0.6 is 0 Å². The third kappa shape index (κ3) is 4.94. The van der Waals surface area contributed by atoms with E-state index in [9.17, 15) is 4.79 Å². The Hall–Kier alpha value is -1.06. The molecule has 0 aromatic heterocycles. The fraction of sp³-hybridized carbons (Fsp3) is 0.333. The van der Waals surface area contributed by atoms with Crippen LogP contribution in [0.3, 0.4) is 0 Å². The van der Waals surface area contributed by atoms with Gasteiger partial charge in [0.15, 0.2) is 0 Å². The van der Waals surface area contributed by atoms with Gasteiger partial charge in [0.25, 0.3) is 0 Å². The summed E-state index contributed by atoms with van der Waals surface area (Å²) in [5, 5.41) is 7.88. The Morgan fingerprint density at radius 2 is 2.57 bits per heavy atom. The number of hydrogen-bond donors (Lipinski definition) is 2. The minimum absolute atomic E-state index is 0.240. The molecule has 0 aromatic rings. The fourth-order valence-corrected chi connectivity index (χ4v) is 0.131. The Bertz CT molecular complexity index is 88.9. The molecule has 0 fully saturated rings. The van der Waals surface area contributed by atoms with Gasteiger partial charge in [-0.3, -0.25) is 9.79 Å². The van der Waals surface area contributed by atoms with Gasteiger partial charge in [0.05, 0.1) is 6.34 Å². The number of carboxylic acids is 1. The second kappa shape index (κ2) is 3.14. The van der Waals surface area contributed by atoms with Crippen LogP contribution in [-0.2, 0) is 4.79 Å². The summed E-state index contributed by atoms with van der Waals surface area (Å²) in [6, 6.07) is 0. The van der Waals surface area contributed by atoms with Crippen molar-refractivity contribution in [1.29, 1.82) is 0 Å². The van der Waals surface area contributed by atoms with E-state index in [1.807, 2.05) is 0 Å². The smallest absolute Gasteiger partial charge is 0.325 e. The minimum Gasteiger partial charge on any atom is -0.480 e. The molecule has 0 aliphatic rings. The summed E-state index contributed by atoms with van der Waals surface area (Å²) in [5.41, 5.74) is 4.72. The highest BCUT2D eigenvalue weighted by Crippen LogP contribution is 1.62. The Morgan fingerprint density at radius 1 is 2.00 bits per heavy atom. The molecule has 0 aliphatic heterocycles. The number of aliphatic carboxylic acids is 1. The molecule has 0 saturated heterocycles. The van der Waals surface area contributed by atoms with Crippen LogP contribution in [-0.4, -0.2) is 24.0 Å². The average Bonchev–Trinajstić information content (AvgIpc) is 1.61. The lowest BCUT2D eigenvalue weighted by Gasteiger charge is -1.78. The van der Waals surface area contributed by atoms with Crippen LogP contribution in [0.25, 0.3) is 0 Å². The molecule has 0 bridgehead atoms. The summed E-state index contributed by atoms with van der Waals surface area (Å²) in [7, 11) is 0. The van der Waals surface area contributed by atoms with Gasteiger partial charge in [-0.15, -0.1) is 0 Å². The van der Waals surface area contributed by atoms with Crippen LogP contribution in [0.15, 0.2) is 4.99 Å². The van der Waals surface area contributed by atoms with Gasteiger partial charge in [-0.05, 0) is 0 Å². The van der Waals surface area contributed by atoms with Crippen molar-refractivity contribution >= 4 is 12.3 Å². The van der Waals surface area contributed by atoms with E-state index in [-0.39, 0.29) is 6.54 Å². The van der Waals surface area contributed by atoms with Gasteiger partial charge in [-0.25, -0.2) is 0 Å². The predicted octanol–water partition coefficient (Wildman–Crippen LogP) is -0.942. The molecule has 0 aromatic carbocycles. The standard InChI is InChI=1S/C3H6N2O2/c4-2-5-1-3(6)7/h2H,1H2,(H2,4,5)(H,6,7). The number of rotatable bonds is 2. The van der Waals surface area contributed by atoms with Gasteiger partial charge in [-0.2, -0.15) is 0 Å². The van der Waals surface area contributed by atoms with Gasteiger partial charge in [0.1, 0.15) is 6.54 Å².